The van der Waals surface area contributed by atoms with Crippen molar-refractivity contribution in [3.63, 3.8) is 0 Å². The summed E-state index contributed by atoms with van der Waals surface area (Å²) >= 11 is 0. The number of benzene rings is 2. The number of hydrogen-bond acceptors (Lipinski definition) is 4. The Morgan fingerprint density at radius 2 is 1.77 bits per heavy atom. The maximum atomic E-state index is 8.67. The Kier molecular flexibility index (Phi) is 3.85. The van der Waals surface area contributed by atoms with E-state index in [-0.39, 0.29) is 5.71 Å². The Morgan fingerprint density at radius 3 is 2.50 bits per heavy atom. The zero-order valence-electron chi connectivity index (χ0n) is 12.0. The van der Waals surface area contributed by atoms with Crippen molar-refractivity contribution in [2.45, 2.75) is 13.0 Å². The van der Waals surface area contributed by atoms with Gasteiger partial charge in [0.15, 0.2) is 0 Å². The van der Waals surface area contributed by atoms with Crippen LogP contribution >= 0.6 is 0 Å². The minimum Gasteiger partial charge on any atom is -0.384 e. The summed E-state index contributed by atoms with van der Waals surface area (Å²) in [5.41, 5.74) is 5.84. The average molecular weight is 286 g/mol. The van der Waals surface area contributed by atoms with E-state index in [2.05, 4.69) is 28.5 Å². The Hall–Kier alpha value is -3.11. The van der Waals surface area contributed by atoms with Crippen molar-refractivity contribution in [1.82, 2.24) is 0 Å². The van der Waals surface area contributed by atoms with Gasteiger partial charge in [-0.1, -0.05) is 30.3 Å². The standard InChI is InChI=1S/C18H14N4/c19-10-17(11-20)22-12-13-1-3-14(4-2-13)15-5-6-18-16(9-15)7-8-21-18/h1-6,9,21H,7-8,12H2. The summed E-state index contributed by atoms with van der Waals surface area (Å²) in [6.45, 7) is 1.36. The number of rotatable bonds is 3. The van der Waals surface area contributed by atoms with Crippen LogP contribution in [0, 0.1) is 22.7 Å². The quantitative estimate of drug-likeness (QED) is 0.880. The third kappa shape index (κ3) is 2.82. The second kappa shape index (κ2) is 6.11. The first-order valence-corrected chi connectivity index (χ1v) is 7.11. The number of hydrogen-bond donors (Lipinski definition) is 1. The molecule has 1 aliphatic heterocycles. The molecule has 0 spiro atoms. The van der Waals surface area contributed by atoms with E-state index in [0.717, 1.165) is 24.1 Å². The number of nitrogens with zero attached hydrogens (tertiary/aromatic N) is 3. The van der Waals surface area contributed by atoms with Crippen LogP contribution in [-0.2, 0) is 13.0 Å². The fourth-order valence-electron chi connectivity index (χ4n) is 2.55. The van der Waals surface area contributed by atoms with Crippen molar-refractivity contribution >= 4 is 11.4 Å². The lowest BCUT2D eigenvalue weighted by Gasteiger charge is -2.06. The van der Waals surface area contributed by atoms with Gasteiger partial charge < -0.3 is 5.32 Å². The Labute approximate surface area is 129 Å². The number of aliphatic imine (C=N–C) groups is 1. The molecule has 4 nitrogen and oxygen atoms in total. The molecule has 0 aliphatic carbocycles. The molecule has 1 heterocycles. The van der Waals surface area contributed by atoms with E-state index >= 15 is 0 Å². The van der Waals surface area contributed by atoms with Gasteiger partial charge in [0, 0.05) is 12.2 Å². The number of nitriles is 2. The van der Waals surface area contributed by atoms with Crippen molar-refractivity contribution in [1.29, 1.82) is 10.5 Å². The van der Waals surface area contributed by atoms with E-state index in [4.69, 9.17) is 10.5 Å². The molecule has 4 heteroatoms. The highest BCUT2D eigenvalue weighted by Crippen LogP contribution is 2.28. The van der Waals surface area contributed by atoms with Crippen LogP contribution in [0.2, 0.25) is 0 Å². The van der Waals surface area contributed by atoms with Crippen LogP contribution in [0.25, 0.3) is 11.1 Å². The molecule has 3 rings (SSSR count). The van der Waals surface area contributed by atoms with Crippen LogP contribution in [0.1, 0.15) is 11.1 Å². The Morgan fingerprint density at radius 1 is 1.05 bits per heavy atom. The van der Waals surface area contributed by atoms with E-state index in [1.807, 2.05) is 24.3 Å². The highest BCUT2D eigenvalue weighted by Gasteiger charge is 2.10. The molecule has 0 saturated heterocycles. The van der Waals surface area contributed by atoms with Crippen LogP contribution in [0.15, 0.2) is 47.5 Å². The first-order chi connectivity index (χ1) is 10.8. The van der Waals surface area contributed by atoms with Gasteiger partial charge in [0.25, 0.3) is 0 Å². The molecule has 0 radical (unpaired) electrons. The fraction of sp³-hybridized carbons (Fsp3) is 0.167. The van der Waals surface area contributed by atoms with Crippen LogP contribution in [0.3, 0.4) is 0 Å². The molecule has 0 amide bonds. The average Bonchev–Trinajstić information content (AvgIpc) is 3.04. The van der Waals surface area contributed by atoms with Crippen molar-refractivity contribution < 1.29 is 0 Å². The molecule has 0 aromatic heterocycles. The van der Waals surface area contributed by atoms with E-state index in [1.165, 1.54) is 16.8 Å². The molecule has 1 N–H and O–H groups in total. The van der Waals surface area contributed by atoms with E-state index in [9.17, 15) is 0 Å². The smallest absolute Gasteiger partial charge is 0.213 e. The summed E-state index contributed by atoms with van der Waals surface area (Å²) in [5.74, 6) is 0. The molecule has 0 bridgehead atoms. The number of nitrogens with one attached hydrogen (secondary N) is 1. The summed E-state index contributed by atoms with van der Waals surface area (Å²) in [7, 11) is 0. The van der Waals surface area contributed by atoms with Crippen molar-refractivity contribution in [2.24, 2.45) is 4.99 Å². The van der Waals surface area contributed by atoms with Gasteiger partial charge in [-0.3, -0.25) is 4.99 Å². The van der Waals surface area contributed by atoms with Gasteiger partial charge in [-0.25, -0.2) is 0 Å². The third-order valence-electron chi connectivity index (χ3n) is 3.73. The minimum atomic E-state index is -0.0878. The zero-order valence-corrected chi connectivity index (χ0v) is 12.0. The summed E-state index contributed by atoms with van der Waals surface area (Å²) in [6.07, 6.45) is 1.07. The molecular formula is C18H14N4. The number of anilines is 1. The van der Waals surface area contributed by atoms with Gasteiger partial charge in [-0.2, -0.15) is 10.5 Å². The minimum absolute atomic E-state index is 0.0878. The van der Waals surface area contributed by atoms with Crippen molar-refractivity contribution in [2.75, 3.05) is 11.9 Å². The monoisotopic (exact) mass is 286 g/mol. The lowest BCUT2D eigenvalue weighted by Crippen LogP contribution is -1.91. The van der Waals surface area contributed by atoms with Crippen molar-refractivity contribution in [3.8, 4) is 23.3 Å². The topological polar surface area (TPSA) is 72.0 Å². The molecule has 0 atom stereocenters. The van der Waals surface area contributed by atoms with E-state index in [1.54, 1.807) is 12.1 Å². The summed E-state index contributed by atoms with van der Waals surface area (Å²) < 4.78 is 0. The molecule has 106 valence electrons. The molecule has 2 aromatic carbocycles. The zero-order chi connectivity index (χ0) is 15.4. The first-order valence-electron chi connectivity index (χ1n) is 7.11. The SMILES string of the molecule is N#CC(C#N)=NCc1ccc(-c2ccc3c(c2)CCN3)cc1. The maximum absolute atomic E-state index is 8.67. The predicted octanol–water partition coefficient (Wildman–Crippen LogP) is 3.31. The van der Waals surface area contributed by atoms with Gasteiger partial charge in [0.2, 0.25) is 5.71 Å². The van der Waals surface area contributed by atoms with Crippen LogP contribution in [0.4, 0.5) is 5.69 Å². The highest BCUT2D eigenvalue weighted by atomic mass is 14.9. The lowest BCUT2D eigenvalue weighted by atomic mass is 10.0. The predicted molar refractivity (Wildman–Crippen MR) is 86.4 cm³/mol. The van der Waals surface area contributed by atoms with Gasteiger partial charge in [0.05, 0.1) is 6.54 Å². The summed E-state index contributed by atoms with van der Waals surface area (Å²) in [4.78, 5) is 3.97. The normalized spacial score (nSPS) is 11.7. The number of fused-ring (bicyclic) bond motifs is 1. The molecule has 22 heavy (non-hydrogen) atoms. The molecule has 0 fully saturated rings. The molecule has 0 saturated carbocycles. The highest BCUT2D eigenvalue weighted by molar-refractivity contribution is 6.10. The second-order valence-corrected chi connectivity index (χ2v) is 5.13. The van der Waals surface area contributed by atoms with Gasteiger partial charge >= 0.3 is 0 Å². The van der Waals surface area contributed by atoms with Crippen molar-refractivity contribution in [3.05, 3.63) is 53.6 Å². The van der Waals surface area contributed by atoms with Crippen LogP contribution in [-0.4, -0.2) is 12.3 Å². The van der Waals surface area contributed by atoms with E-state index < -0.39 is 0 Å². The Bertz CT molecular complexity index is 788. The molecule has 2 aromatic rings. The summed E-state index contributed by atoms with van der Waals surface area (Å²) in [5, 5.41) is 20.7. The fourth-order valence-corrected chi connectivity index (χ4v) is 2.55. The largest absolute Gasteiger partial charge is 0.384 e. The summed E-state index contributed by atoms with van der Waals surface area (Å²) in [6, 6.07) is 18.1. The maximum Gasteiger partial charge on any atom is 0.213 e. The molecule has 0 unspecified atom stereocenters. The van der Waals surface area contributed by atoms with Gasteiger partial charge in [-0.15, -0.1) is 0 Å². The molecular weight excluding hydrogens is 272 g/mol. The third-order valence-corrected chi connectivity index (χ3v) is 3.73. The Balaban J connectivity index is 1.79. The van der Waals surface area contributed by atoms with Gasteiger partial charge in [0.1, 0.15) is 12.1 Å². The second-order valence-electron chi connectivity index (χ2n) is 5.13. The van der Waals surface area contributed by atoms with Gasteiger partial charge in [-0.05, 0) is 40.8 Å². The first kappa shape index (κ1) is 13.9. The molecule has 1 aliphatic rings. The van der Waals surface area contributed by atoms with Crippen LogP contribution in [0.5, 0.6) is 0 Å². The van der Waals surface area contributed by atoms with E-state index in [0.29, 0.717) is 6.54 Å². The lowest BCUT2D eigenvalue weighted by molar-refractivity contribution is 1.07. The van der Waals surface area contributed by atoms with Crippen LogP contribution < -0.4 is 5.32 Å².